The predicted octanol–water partition coefficient (Wildman–Crippen LogP) is 1.37. The van der Waals surface area contributed by atoms with Gasteiger partial charge >= 0.3 is 0 Å². The lowest BCUT2D eigenvalue weighted by Gasteiger charge is -2.22. The molecule has 0 atom stereocenters. The van der Waals surface area contributed by atoms with E-state index in [2.05, 4.69) is 10.3 Å². The fraction of sp³-hybridized carbons (Fsp3) is 0.750. The maximum absolute atomic E-state index is 5.76. The molecule has 2 rings (SSSR count). The van der Waals surface area contributed by atoms with Crippen LogP contribution in [0.2, 0.25) is 0 Å². The Balaban J connectivity index is 2.13. The molecule has 0 unspecified atom stereocenters. The lowest BCUT2D eigenvalue weighted by molar-refractivity contribution is 0.0651. The van der Waals surface area contributed by atoms with Crippen molar-refractivity contribution in [3.8, 4) is 0 Å². The summed E-state index contributed by atoms with van der Waals surface area (Å²) in [6.07, 6.45) is 3.74. The zero-order valence-corrected chi connectivity index (χ0v) is 8.07. The molecule has 5 heteroatoms. The Morgan fingerprint density at radius 1 is 1.54 bits per heavy atom. The van der Waals surface area contributed by atoms with Gasteiger partial charge < -0.3 is 4.74 Å². The van der Waals surface area contributed by atoms with Crippen LogP contribution >= 0.6 is 11.6 Å². The third kappa shape index (κ3) is 1.84. The molecule has 0 spiro atoms. The Hall–Kier alpha value is -0.610. The maximum Gasteiger partial charge on any atom is 0.0738 e. The fourth-order valence-electron chi connectivity index (χ4n) is 1.60. The first-order valence-electron chi connectivity index (χ1n) is 4.44. The zero-order chi connectivity index (χ0) is 9.10. The molecule has 1 aliphatic rings. The summed E-state index contributed by atoms with van der Waals surface area (Å²) in [5, 5.41) is 7.89. The first-order valence-corrected chi connectivity index (χ1v) is 4.98. The number of rotatable bonds is 2. The average molecular weight is 202 g/mol. The Morgan fingerprint density at radius 2 is 2.31 bits per heavy atom. The van der Waals surface area contributed by atoms with E-state index < -0.39 is 0 Å². The molecular formula is C8H12ClN3O. The highest BCUT2D eigenvalue weighted by molar-refractivity contribution is 6.16. The second-order valence-electron chi connectivity index (χ2n) is 3.15. The van der Waals surface area contributed by atoms with Crippen LogP contribution < -0.4 is 0 Å². The third-order valence-electron chi connectivity index (χ3n) is 2.32. The van der Waals surface area contributed by atoms with E-state index in [1.54, 1.807) is 6.20 Å². The number of alkyl halides is 1. The van der Waals surface area contributed by atoms with E-state index in [-0.39, 0.29) is 0 Å². The molecule has 1 fully saturated rings. The van der Waals surface area contributed by atoms with Crippen molar-refractivity contribution in [2.75, 3.05) is 13.2 Å². The van der Waals surface area contributed by atoms with E-state index in [1.807, 2.05) is 4.68 Å². The molecule has 1 aromatic heterocycles. The summed E-state index contributed by atoms with van der Waals surface area (Å²) in [5.74, 6) is 0.477. The summed E-state index contributed by atoms with van der Waals surface area (Å²) in [6.45, 7) is 1.62. The second kappa shape index (κ2) is 4.07. The van der Waals surface area contributed by atoms with Crippen LogP contribution in [-0.4, -0.2) is 28.2 Å². The lowest BCUT2D eigenvalue weighted by Crippen LogP contribution is -2.21. The van der Waals surface area contributed by atoms with E-state index >= 15 is 0 Å². The van der Waals surface area contributed by atoms with Crippen LogP contribution in [0.15, 0.2) is 6.20 Å². The van der Waals surface area contributed by atoms with Gasteiger partial charge in [0.15, 0.2) is 0 Å². The maximum atomic E-state index is 5.76. The molecule has 0 N–H and O–H groups in total. The van der Waals surface area contributed by atoms with E-state index in [0.717, 1.165) is 31.7 Å². The monoisotopic (exact) mass is 201 g/mol. The molecular weight excluding hydrogens is 190 g/mol. The van der Waals surface area contributed by atoms with Crippen molar-refractivity contribution in [2.24, 2.45) is 0 Å². The molecule has 0 saturated carbocycles. The number of hydrogen-bond donors (Lipinski definition) is 0. The topological polar surface area (TPSA) is 39.9 Å². The molecule has 0 aliphatic carbocycles. The highest BCUT2D eigenvalue weighted by Crippen LogP contribution is 2.21. The highest BCUT2D eigenvalue weighted by Gasteiger charge is 2.18. The molecule has 1 saturated heterocycles. The van der Waals surface area contributed by atoms with E-state index in [4.69, 9.17) is 16.3 Å². The third-order valence-corrected chi connectivity index (χ3v) is 2.60. The first kappa shape index (κ1) is 8.97. The van der Waals surface area contributed by atoms with Crippen molar-refractivity contribution in [1.29, 1.82) is 0 Å². The number of ether oxygens (including phenoxy) is 1. The van der Waals surface area contributed by atoms with E-state index in [9.17, 15) is 0 Å². The van der Waals surface area contributed by atoms with Crippen molar-refractivity contribution in [1.82, 2.24) is 15.0 Å². The van der Waals surface area contributed by atoms with E-state index in [1.165, 1.54) is 0 Å². The Labute approximate surface area is 81.8 Å². The minimum absolute atomic E-state index is 0.421. The highest BCUT2D eigenvalue weighted by atomic mass is 35.5. The van der Waals surface area contributed by atoms with Crippen LogP contribution in [0.3, 0.4) is 0 Å². The van der Waals surface area contributed by atoms with Crippen LogP contribution in [0, 0.1) is 0 Å². The van der Waals surface area contributed by atoms with Crippen LogP contribution in [0.4, 0.5) is 0 Å². The predicted molar refractivity (Wildman–Crippen MR) is 48.7 cm³/mol. The van der Waals surface area contributed by atoms with Gasteiger partial charge in [-0.1, -0.05) is 5.21 Å². The van der Waals surface area contributed by atoms with Gasteiger partial charge in [-0.05, 0) is 12.8 Å². The summed E-state index contributed by atoms with van der Waals surface area (Å²) in [5.41, 5.74) is 0.994. The van der Waals surface area contributed by atoms with Crippen molar-refractivity contribution in [3.63, 3.8) is 0 Å². The number of hydrogen-bond acceptors (Lipinski definition) is 3. The minimum Gasteiger partial charge on any atom is -0.381 e. The van der Waals surface area contributed by atoms with Crippen molar-refractivity contribution in [2.45, 2.75) is 24.8 Å². The zero-order valence-electron chi connectivity index (χ0n) is 7.32. The van der Waals surface area contributed by atoms with Crippen molar-refractivity contribution < 1.29 is 4.74 Å². The second-order valence-corrected chi connectivity index (χ2v) is 3.41. The standard InChI is InChI=1S/C8H12ClN3O/c9-5-8-6-10-11-12(8)7-1-3-13-4-2-7/h6-7H,1-5H2. The molecule has 0 radical (unpaired) electrons. The SMILES string of the molecule is ClCc1cnnn1C1CCOCC1. The Bertz CT molecular complexity index is 270. The Kier molecular flexibility index (Phi) is 2.80. The lowest BCUT2D eigenvalue weighted by atomic mass is 10.1. The molecule has 1 aromatic rings. The van der Waals surface area contributed by atoms with Gasteiger partial charge in [0, 0.05) is 13.2 Å². The minimum atomic E-state index is 0.421. The van der Waals surface area contributed by atoms with Gasteiger partial charge in [0.1, 0.15) is 0 Å². The fourth-order valence-corrected chi connectivity index (χ4v) is 1.79. The number of halogens is 1. The molecule has 1 aliphatic heterocycles. The van der Waals surface area contributed by atoms with Gasteiger partial charge in [-0.3, -0.25) is 0 Å². The number of nitrogens with zero attached hydrogens (tertiary/aromatic N) is 3. The van der Waals surface area contributed by atoms with Crippen LogP contribution in [-0.2, 0) is 10.6 Å². The van der Waals surface area contributed by atoms with Crippen molar-refractivity contribution in [3.05, 3.63) is 11.9 Å². The quantitative estimate of drug-likeness (QED) is 0.679. The van der Waals surface area contributed by atoms with Gasteiger partial charge in [-0.25, -0.2) is 4.68 Å². The van der Waals surface area contributed by atoms with Crippen molar-refractivity contribution >= 4 is 11.6 Å². The summed E-state index contributed by atoms with van der Waals surface area (Å²) in [7, 11) is 0. The van der Waals surface area contributed by atoms with Crippen LogP contribution in [0.25, 0.3) is 0 Å². The van der Waals surface area contributed by atoms with Crippen LogP contribution in [0.1, 0.15) is 24.6 Å². The van der Waals surface area contributed by atoms with Gasteiger partial charge in [-0.15, -0.1) is 16.7 Å². The van der Waals surface area contributed by atoms with Crippen LogP contribution in [0.5, 0.6) is 0 Å². The van der Waals surface area contributed by atoms with Gasteiger partial charge in [0.25, 0.3) is 0 Å². The summed E-state index contributed by atoms with van der Waals surface area (Å²) in [4.78, 5) is 0. The molecule has 72 valence electrons. The molecule has 0 bridgehead atoms. The molecule has 0 aromatic carbocycles. The van der Waals surface area contributed by atoms with Gasteiger partial charge in [-0.2, -0.15) is 0 Å². The smallest absolute Gasteiger partial charge is 0.0738 e. The first-order chi connectivity index (χ1) is 6.42. The molecule has 2 heterocycles. The largest absolute Gasteiger partial charge is 0.381 e. The number of aromatic nitrogens is 3. The molecule has 13 heavy (non-hydrogen) atoms. The van der Waals surface area contributed by atoms with Gasteiger partial charge in [0.05, 0.1) is 23.8 Å². The average Bonchev–Trinajstić information content (AvgIpc) is 2.67. The molecule has 4 nitrogen and oxygen atoms in total. The Morgan fingerprint density at radius 3 is 3.00 bits per heavy atom. The molecule has 0 amide bonds. The summed E-state index contributed by atoms with van der Waals surface area (Å²) >= 11 is 5.76. The normalized spacial score (nSPS) is 19.2. The summed E-state index contributed by atoms with van der Waals surface area (Å²) < 4.78 is 7.20. The van der Waals surface area contributed by atoms with E-state index in [0.29, 0.717) is 11.9 Å². The summed E-state index contributed by atoms with van der Waals surface area (Å²) in [6, 6.07) is 0.421. The van der Waals surface area contributed by atoms with Gasteiger partial charge in [0.2, 0.25) is 0 Å².